The zero-order chi connectivity index (χ0) is 24.2. The fourth-order valence-corrected chi connectivity index (χ4v) is 4.67. The molecule has 0 aliphatic rings. The quantitative estimate of drug-likeness (QED) is 0.378. The van der Waals surface area contributed by atoms with Gasteiger partial charge in [0.25, 0.3) is 0 Å². The van der Waals surface area contributed by atoms with Gasteiger partial charge in [-0.05, 0) is 53.9 Å². The molecule has 33 heavy (non-hydrogen) atoms. The molecule has 1 heterocycles. The van der Waals surface area contributed by atoms with Gasteiger partial charge in [-0.2, -0.15) is 13.2 Å². The molecular weight excluding hydrogens is 453 g/mol. The lowest BCUT2D eigenvalue weighted by atomic mass is 10.1. The minimum absolute atomic E-state index is 0.0859. The molecule has 0 spiro atoms. The van der Waals surface area contributed by atoms with Crippen LogP contribution in [0.1, 0.15) is 34.4 Å². The number of methoxy groups -OCH3 is 1. The molecule has 2 aromatic carbocycles. The number of thiophene rings is 1. The molecule has 3 rings (SSSR count). The fourth-order valence-electron chi connectivity index (χ4n) is 3.46. The largest absolute Gasteiger partial charge is 0.493 e. The second-order valence-corrected chi connectivity index (χ2v) is 8.94. The molecular formula is C25H25F3O4S. The number of aryl methyl sites for hydroxylation is 1. The van der Waals surface area contributed by atoms with Crippen LogP contribution in [0.4, 0.5) is 13.2 Å². The van der Waals surface area contributed by atoms with E-state index in [2.05, 4.69) is 0 Å². The highest BCUT2D eigenvalue weighted by molar-refractivity contribution is 7.15. The van der Waals surface area contributed by atoms with Crippen LogP contribution in [-0.2, 0) is 22.1 Å². The summed E-state index contributed by atoms with van der Waals surface area (Å²) < 4.78 is 49.3. The Morgan fingerprint density at radius 3 is 2.27 bits per heavy atom. The Kier molecular flexibility index (Phi) is 7.81. The van der Waals surface area contributed by atoms with Crippen LogP contribution in [-0.4, -0.2) is 30.9 Å². The number of hydrogen-bond acceptors (Lipinski definition) is 4. The van der Waals surface area contributed by atoms with Crippen LogP contribution in [0, 0.1) is 6.92 Å². The molecule has 0 amide bonds. The van der Waals surface area contributed by atoms with Crippen molar-refractivity contribution < 1.29 is 32.5 Å². The molecule has 4 nitrogen and oxygen atoms in total. The van der Waals surface area contributed by atoms with Gasteiger partial charge in [-0.15, -0.1) is 11.3 Å². The summed E-state index contributed by atoms with van der Waals surface area (Å²) in [5.74, 6) is -0.247. The molecule has 0 bridgehead atoms. The number of ether oxygens (including phenoxy) is 2. The molecule has 0 radical (unpaired) electrons. The Bertz CT molecular complexity index is 1070. The van der Waals surface area contributed by atoms with Gasteiger partial charge in [-0.1, -0.05) is 31.2 Å². The first-order valence-corrected chi connectivity index (χ1v) is 11.2. The zero-order valence-corrected chi connectivity index (χ0v) is 19.3. The van der Waals surface area contributed by atoms with Crippen molar-refractivity contribution in [1.29, 1.82) is 0 Å². The van der Waals surface area contributed by atoms with E-state index in [-0.39, 0.29) is 12.3 Å². The number of benzene rings is 2. The van der Waals surface area contributed by atoms with Gasteiger partial charge < -0.3 is 14.6 Å². The molecule has 0 fully saturated rings. The van der Waals surface area contributed by atoms with Crippen LogP contribution in [0.2, 0.25) is 0 Å². The number of alkyl halides is 3. The summed E-state index contributed by atoms with van der Waals surface area (Å²) in [4.78, 5) is 13.1. The molecule has 0 saturated carbocycles. The maximum Gasteiger partial charge on any atom is 0.416 e. The van der Waals surface area contributed by atoms with Crippen molar-refractivity contribution in [2.45, 2.75) is 38.5 Å². The standard InChI is InChI=1S/C25H25F3O4S/c1-15-12-22(18-6-8-19(9-7-18)25(26,27)28)33-23(15)16(2)14-32-20-10-4-17(5-11-20)13-21(31-3)24(29)30/h4-12,16,21H,13-14H2,1-3H3,(H,29,30). The number of halogens is 3. The van der Waals surface area contributed by atoms with Crippen molar-refractivity contribution in [3.8, 4) is 16.2 Å². The molecule has 0 saturated heterocycles. The predicted molar refractivity (Wildman–Crippen MR) is 122 cm³/mol. The highest BCUT2D eigenvalue weighted by atomic mass is 32.1. The van der Waals surface area contributed by atoms with Crippen molar-refractivity contribution in [1.82, 2.24) is 0 Å². The number of carboxylic acid groups (broad SMARTS) is 1. The van der Waals surface area contributed by atoms with E-state index in [4.69, 9.17) is 14.6 Å². The summed E-state index contributed by atoms with van der Waals surface area (Å²) in [6.45, 7) is 4.46. The van der Waals surface area contributed by atoms with Crippen molar-refractivity contribution in [2.75, 3.05) is 13.7 Å². The smallest absolute Gasteiger partial charge is 0.416 e. The van der Waals surface area contributed by atoms with Gasteiger partial charge in [0.15, 0.2) is 6.10 Å². The molecule has 176 valence electrons. The van der Waals surface area contributed by atoms with Crippen molar-refractivity contribution in [2.24, 2.45) is 0 Å². The zero-order valence-electron chi connectivity index (χ0n) is 18.5. The summed E-state index contributed by atoms with van der Waals surface area (Å²) in [5, 5.41) is 9.09. The van der Waals surface area contributed by atoms with E-state index in [1.54, 1.807) is 23.5 Å². The van der Waals surface area contributed by atoms with Crippen molar-refractivity contribution >= 4 is 17.3 Å². The molecule has 3 aromatic rings. The molecule has 8 heteroatoms. The Morgan fingerprint density at radius 2 is 1.73 bits per heavy atom. The van der Waals surface area contributed by atoms with E-state index < -0.39 is 23.8 Å². The van der Waals surface area contributed by atoms with Gasteiger partial charge in [0.2, 0.25) is 0 Å². The third-order valence-corrected chi connectivity index (χ3v) is 6.82. The first-order valence-electron chi connectivity index (χ1n) is 10.3. The van der Waals surface area contributed by atoms with E-state index in [1.165, 1.54) is 19.2 Å². The van der Waals surface area contributed by atoms with Gasteiger partial charge in [0.1, 0.15) is 5.75 Å². The van der Waals surface area contributed by atoms with Crippen LogP contribution in [0.15, 0.2) is 54.6 Å². The minimum Gasteiger partial charge on any atom is -0.493 e. The Morgan fingerprint density at radius 1 is 1.09 bits per heavy atom. The Balaban J connectivity index is 1.62. The maximum absolute atomic E-state index is 12.8. The molecule has 0 aliphatic heterocycles. The highest BCUT2D eigenvalue weighted by Gasteiger charge is 2.30. The minimum atomic E-state index is -4.35. The lowest BCUT2D eigenvalue weighted by molar-refractivity contribution is -0.148. The SMILES string of the molecule is COC(Cc1ccc(OCC(C)c2sc(-c3ccc(C(F)(F)F)cc3)cc2C)cc1)C(=O)O. The summed E-state index contributed by atoms with van der Waals surface area (Å²) in [7, 11) is 1.37. The summed E-state index contributed by atoms with van der Waals surface area (Å²) in [6.07, 6.45) is -4.97. The predicted octanol–water partition coefficient (Wildman–Crippen LogP) is 6.57. The number of carboxylic acids is 1. The van der Waals surface area contributed by atoms with Crippen LogP contribution in [0.3, 0.4) is 0 Å². The average molecular weight is 479 g/mol. The lowest BCUT2D eigenvalue weighted by Crippen LogP contribution is -2.24. The molecule has 2 unspecified atom stereocenters. The molecule has 1 N–H and O–H groups in total. The van der Waals surface area contributed by atoms with Crippen molar-refractivity contribution in [3.05, 3.63) is 76.2 Å². The van der Waals surface area contributed by atoms with Gasteiger partial charge >= 0.3 is 12.1 Å². The van der Waals surface area contributed by atoms with Crippen molar-refractivity contribution in [3.63, 3.8) is 0 Å². The normalized spacial score (nSPS) is 13.5. The molecule has 0 aliphatic carbocycles. The third kappa shape index (κ3) is 6.36. The van der Waals surface area contributed by atoms with E-state index in [9.17, 15) is 18.0 Å². The van der Waals surface area contributed by atoms with Crippen LogP contribution in [0.25, 0.3) is 10.4 Å². The average Bonchev–Trinajstić information content (AvgIpc) is 3.17. The summed E-state index contributed by atoms with van der Waals surface area (Å²) in [6, 6.07) is 14.4. The van der Waals surface area contributed by atoms with Gasteiger partial charge in [-0.3, -0.25) is 0 Å². The molecule has 1 aromatic heterocycles. The van der Waals surface area contributed by atoms with Gasteiger partial charge in [0.05, 0.1) is 12.2 Å². The topological polar surface area (TPSA) is 55.8 Å². The summed E-state index contributed by atoms with van der Waals surface area (Å²) in [5.41, 5.74) is 2.00. The number of rotatable bonds is 9. The second kappa shape index (κ2) is 10.4. The fraction of sp³-hybridized carbons (Fsp3) is 0.320. The van der Waals surface area contributed by atoms with Gasteiger partial charge in [-0.25, -0.2) is 4.79 Å². The third-order valence-electron chi connectivity index (χ3n) is 5.30. The molecule has 2 atom stereocenters. The van der Waals surface area contributed by atoms with E-state index >= 15 is 0 Å². The Hall–Kier alpha value is -2.84. The van der Waals surface area contributed by atoms with E-state index in [0.717, 1.165) is 38.6 Å². The number of hydrogen-bond donors (Lipinski definition) is 1. The lowest BCUT2D eigenvalue weighted by Gasteiger charge is -2.14. The van der Waals surface area contributed by atoms with Gasteiger partial charge in [0, 0.05) is 29.2 Å². The Labute approximate surface area is 194 Å². The summed E-state index contributed by atoms with van der Waals surface area (Å²) >= 11 is 1.55. The van der Waals surface area contributed by atoms with Crippen LogP contribution in [0.5, 0.6) is 5.75 Å². The van der Waals surface area contributed by atoms with E-state index in [0.29, 0.717) is 12.4 Å². The maximum atomic E-state index is 12.8. The number of aliphatic carboxylic acids is 1. The van der Waals surface area contributed by atoms with Crippen LogP contribution < -0.4 is 4.74 Å². The number of carbonyl (C=O) groups is 1. The first kappa shape index (κ1) is 24.8. The highest BCUT2D eigenvalue weighted by Crippen LogP contribution is 2.37. The monoisotopic (exact) mass is 478 g/mol. The van der Waals surface area contributed by atoms with Crippen LogP contribution >= 0.6 is 11.3 Å². The first-order chi connectivity index (χ1) is 15.6. The van der Waals surface area contributed by atoms with E-state index in [1.807, 2.05) is 32.0 Å². The second-order valence-electron chi connectivity index (χ2n) is 7.86.